The second kappa shape index (κ2) is 11.3. The van der Waals surface area contributed by atoms with Crippen molar-refractivity contribution in [1.82, 2.24) is 10.2 Å². The summed E-state index contributed by atoms with van der Waals surface area (Å²) in [6, 6.07) is 18.3. The van der Waals surface area contributed by atoms with E-state index >= 15 is 0 Å². The molecule has 32 heavy (non-hydrogen) atoms. The second-order valence-electron chi connectivity index (χ2n) is 7.51. The van der Waals surface area contributed by atoms with Gasteiger partial charge in [0.2, 0.25) is 5.91 Å². The number of nitrogens with zero attached hydrogens (tertiary/aromatic N) is 1. The summed E-state index contributed by atoms with van der Waals surface area (Å²) >= 11 is 9.69. The molecule has 168 valence electrons. The van der Waals surface area contributed by atoms with Crippen molar-refractivity contribution in [3.63, 3.8) is 0 Å². The molecule has 2 amide bonds. The number of halogens is 2. The van der Waals surface area contributed by atoms with Gasteiger partial charge in [-0.05, 0) is 63.8 Å². The normalized spacial score (nSPS) is 11.8. The molecule has 0 unspecified atom stereocenters. The van der Waals surface area contributed by atoms with Gasteiger partial charge in [0.25, 0.3) is 5.91 Å². The van der Waals surface area contributed by atoms with Crippen LogP contribution in [0.5, 0.6) is 5.75 Å². The van der Waals surface area contributed by atoms with Gasteiger partial charge in [0, 0.05) is 18.1 Å². The van der Waals surface area contributed by atoms with E-state index in [-0.39, 0.29) is 25.0 Å². The smallest absolute Gasteiger partial charge is 0.261 e. The van der Waals surface area contributed by atoms with Crippen molar-refractivity contribution in [2.24, 2.45) is 0 Å². The Labute approximate surface area is 201 Å². The van der Waals surface area contributed by atoms with Crippen molar-refractivity contribution < 1.29 is 14.3 Å². The average Bonchev–Trinajstić information content (AvgIpc) is 2.80. The lowest BCUT2D eigenvalue weighted by atomic mass is 10.1. The van der Waals surface area contributed by atoms with Crippen molar-refractivity contribution in [2.45, 2.75) is 32.9 Å². The van der Waals surface area contributed by atoms with Gasteiger partial charge in [-0.2, -0.15) is 0 Å². The molecule has 0 radical (unpaired) electrons. The molecule has 1 atom stereocenters. The van der Waals surface area contributed by atoms with Gasteiger partial charge in [0.1, 0.15) is 11.8 Å². The van der Waals surface area contributed by atoms with Crippen LogP contribution in [0.25, 0.3) is 10.8 Å². The van der Waals surface area contributed by atoms with Gasteiger partial charge in [-0.3, -0.25) is 9.59 Å². The third-order valence-corrected chi connectivity index (χ3v) is 6.19. The van der Waals surface area contributed by atoms with Crippen LogP contribution in [0.2, 0.25) is 5.02 Å². The molecule has 0 saturated heterocycles. The van der Waals surface area contributed by atoms with Crippen LogP contribution < -0.4 is 10.1 Å². The highest BCUT2D eigenvalue weighted by molar-refractivity contribution is 9.10. The standard InChI is InChI=1S/C25H26BrClN2O3/c1-3-13-28-25(31)17(2)29(15-18-7-6-9-20(27)14-18)23(30)16-32-22-12-11-19-8-4-5-10-21(19)24(22)26/h4-12,14,17H,3,13,15-16H2,1-2H3,(H,28,31)/t17-/m0/s1. The molecule has 7 heteroatoms. The minimum atomic E-state index is -0.656. The molecule has 3 aromatic carbocycles. The Hall–Kier alpha value is -2.57. The maximum atomic E-state index is 13.2. The second-order valence-corrected chi connectivity index (χ2v) is 8.74. The number of rotatable bonds is 9. The van der Waals surface area contributed by atoms with Gasteiger partial charge in [0.15, 0.2) is 6.61 Å². The number of benzene rings is 3. The number of nitrogens with one attached hydrogen (secondary N) is 1. The Balaban J connectivity index is 1.78. The van der Waals surface area contributed by atoms with E-state index in [1.165, 1.54) is 4.90 Å². The molecule has 1 N–H and O–H groups in total. The molecule has 3 rings (SSSR count). The Bertz CT molecular complexity index is 1110. The molecule has 5 nitrogen and oxygen atoms in total. The fraction of sp³-hybridized carbons (Fsp3) is 0.280. The van der Waals surface area contributed by atoms with Crippen LogP contribution in [0, 0.1) is 0 Å². The summed E-state index contributed by atoms with van der Waals surface area (Å²) in [5.41, 5.74) is 0.841. The van der Waals surface area contributed by atoms with E-state index in [0.717, 1.165) is 27.2 Å². The van der Waals surface area contributed by atoms with Crippen LogP contribution in [-0.2, 0) is 16.1 Å². The number of hydrogen-bond donors (Lipinski definition) is 1. The molecule has 0 aromatic heterocycles. The Morgan fingerprint density at radius 3 is 2.66 bits per heavy atom. The fourth-order valence-electron chi connectivity index (χ4n) is 3.36. The van der Waals surface area contributed by atoms with Gasteiger partial charge in [-0.25, -0.2) is 0 Å². The average molecular weight is 518 g/mol. The monoisotopic (exact) mass is 516 g/mol. The lowest BCUT2D eigenvalue weighted by Crippen LogP contribution is -2.49. The van der Waals surface area contributed by atoms with Gasteiger partial charge >= 0.3 is 0 Å². The summed E-state index contributed by atoms with van der Waals surface area (Å²) < 4.78 is 6.65. The molecular formula is C25H26BrClN2O3. The quantitative estimate of drug-likeness (QED) is 0.403. The molecule has 0 bridgehead atoms. The van der Waals surface area contributed by atoms with Crippen molar-refractivity contribution in [3.8, 4) is 5.75 Å². The van der Waals surface area contributed by atoms with Crippen LogP contribution >= 0.6 is 27.5 Å². The zero-order valence-corrected chi connectivity index (χ0v) is 20.4. The summed E-state index contributed by atoms with van der Waals surface area (Å²) in [7, 11) is 0. The maximum absolute atomic E-state index is 13.2. The van der Waals surface area contributed by atoms with E-state index in [9.17, 15) is 9.59 Å². The van der Waals surface area contributed by atoms with Crippen LogP contribution in [-0.4, -0.2) is 35.9 Å². The minimum absolute atomic E-state index is 0.192. The Kier molecular flexibility index (Phi) is 8.53. The highest BCUT2D eigenvalue weighted by Crippen LogP contribution is 2.33. The Morgan fingerprint density at radius 2 is 1.91 bits per heavy atom. The van der Waals surface area contributed by atoms with E-state index in [1.54, 1.807) is 19.1 Å². The lowest BCUT2D eigenvalue weighted by molar-refractivity contribution is -0.142. The first-order chi connectivity index (χ1) is 15.4. The first kappa shape index (κ1) is 24.1. The number of hydrogen-bond acceptors (Lipinski definition) is 3. The fourth-order valence-corrected chi connectivity index (χ4v) is 4.18. The number of ether oxygens (including phenoxy) is 1. The molecule has 0 heterocycles. The van der Waals surface area contributed by atoms with Gasteiger partial charge in [0.05, 0.1) is 4.47 Å². The largest absolute Gasteiger partial charge is 0.483 e. The summed E-state index contributed by atoms with van der Waals surface area (Å²) in [6.45, 7) is 4.32. The molecule has 0 spiro atoms. The third-order valence-electron chi connectivity index (χ3n) is 5.14. The van der Waals surface area contributed by atoms with E-state index < -0.39 is 6.04 Å². The SMILES string of the molecule is CCCNC(=O)[C@H](C)N(Cc1cccc(Cl)c1)C(=O)COc1ccc2ccccc2c1Br. The van der Waals surface area contributed by atoms with Crippen LogP contribution in [0.15, 0.2) is 65.1 Å². The van der Waals surface area contributed by atoms with Gasteiger partial charge < -0.3 is 15.0 Å². The molecule has 0 aliphatic carbocycles. The topological polar surface area (TPSA) is 58.6 Å². The van der Waals surface area contributed by atoms with Gasteiger partial charge in [-0.1, -0.05) is 61.0 Å². The maximum Gasteiger partial charge on any atom is 0.261 e. The predicted molar refractivity (Wildman–Crippen MR) is 132 cm³/mol. The highest BCUT2D eigenvalue weighted by Gasteiger charge is 2.26. The van der Waals surface area contributed by atoms with E-state index in [4.69, 9.17) is 16.3 Å². The van der Waals surface area contributed by atoms with Crippen LogP contribution in [0.4, 0.5) is 0 Å². The van der Waals surface area contributed by atoms with E-state index in [1.807, 2.05) is 55.5 Å². The van der Waals surface area contributed by atoms with E-state index in [2.05, 4.69) is 21.2 Å². The molecule has 0 aliphatic heterocycles. The first-order valence-electron chi connectivity index (χ1n) is 10.5. The summed E-state index contributed by atoms with van der Waals surface area (Å²) in [6.07, 6.45) is 0.819. The summed E-state index contributed by atoms with van der Waals surface area (Å²) in [5.74, 6) is 0.0844. The molecule has 3 aromatic rings. The van der Waals surface area contributed by atoms with Crippen molar-refractivity contribution in [3.05, 3.63) is 75.7 Å². The first-order valence-corrected chi connectivity index (χ1v) is 11.7. The molecule has 0 aliphatic rings. The van der Waals surface area contributed by atoms with Gasteiger partial charge in [-0.15, -0.1) is 0 Å². The molecule has 0 fully saturated rings. The zero-order valence-electron chi connectivity index (χ0n) is 18.1. The highest BCUT2D eigenvalue weighted by atomic mass is 79.9. The van der Waals surface area contributed by atoms with E-state index in [0.29, 0.717) is 17.3 Å². The predicted octanol–water partition coefficient (Wildman–Crippen LogP) is 5.58. The molecule has 0 saturated carbocycles. The van der Waals surface area contributed by atoms with Crippen molar-refractivity contribution in [1.29, 1.82) is 0 Å². The summed E-state index contributed by atoms with van der Waals surface area (Å²) in [5, 5.41) is 5.51. The number of carbonyl (C=O) groups is 2. The minimum Gasteiger partial charge on any atom is -0.483 e. The number of amides is 2. The third kappa shape index (κ3) is 6.02. The Morgan fingerprint density at radius 1 is 1.12 bits per heavy atom. The number of fused-ring (bicyclic) bond motifs is 1. The van der Waals surface area contributed by atoms with Crippen molar-refractivity contribution in [2.75, 3.05) is 13.2 Å². The van der Waals surface area contributed by atoms with Crippen LogP contribution in [0.3, 0.4) is 0 Å². The zero-order chi connectivity index (χ0) is 23.1. The van der Waals surface area contributed by atoms with Crippen molar-refractivity contribution >= 4 is 50.1 Å². The lowest BCUT2D eigenvalue weighted by Gasteiger charge is -2.29. The molecular weight excluding hydrogens is 492 g/mol. The summed E-state index contributed by atoms with van der Waals surface area (Å²) in [4.78, 5) is 27.3. The van der Waals surface area contributed by atoms with Crippen LogP contribution in [0.1, 0.15) is 25.8 Å². The number of carbonyl (C=O) groups excluding carboxylic acids is 2.